The molecule has 0 amide bonds. The predicted molar refractivity (Wildman–Crippen MR) is 109 cm³/mol. The number of fused-ring (bicyclic) bond motifs is 1. The number of hydrogen-bond donors (Lipinski definition) is 0. The number of halogens is 6. The van der Waals surface area contributed by atoms with Gasteiger partial charge in [0.15, 0.2) is 17.3 Å². The molecule has 1 unspecified atom stereocenters. The van der Waals surface area contributed by atoms with Gasteiger partial charge in [-0.05, 0) is 30.7 Å². The van der Waals surface area contributed by atoms with E-state index in [-0.39, 0.29) is 24.2 Å². The highest BCUT2D eigenvalue weighted by molar-refractivity contribution is 6.77. The minimum Gasteiger partial charge on any atom is -0.454 e. The van der Waals surface area contributed by atoms with Gasteiger partial charge in [0.1, 0.15) is 0 Å². The normalized spacial score (nSPS) is 20.3. The average molecular weight is 477 g/mol. The molecule has 0 bridgehead atoms. The van der Waals surface area contributed by atoms with Gasteiger partial charge in [-0.25, -0.2) is 9.98 Å². The minimum absolute atomic E-state index is 0.144. The summed E-state index contributed by atoms with van der Waals surface area (Å²) in [5.41, 5.74) is 1.11. The van der Waals surface area contributed by atoms with Crippen LogP contribution in [0.3, 0.4) is 0 Å². The van der Waals surface area contributed by atoms with E-state index in [9.17, 15) is 0 Å². The van der Waals surface area contributed by atoms with Crippen LogP contribution in [0.25, 0.3) is 0 Å². The van der Waals surface area contributed by atoms with E-state index in [0.717, 1.165) is 0 Å². The molecule has 2 heterocycles. The molecule has 0 aliphatic carbocycles. The van der Waals surface area contributed by atoms with Gasteiger partial charge in [-0.15, -0.1) is 0 Å². The zero-order valence-corrected chi connectivity index (χ0v) is 17.8. The van der Waals surface area contributed by atoms with Gasteiger partial charge in [0.25, 0.3) is 0 Å². The number of rotatable bonds is 2. The molecule has 3 rings (SSSR count). The van der Waals surface area contributed by atoms with Crippen molar-refractivity contribution in [1.29, 1.82) is 0 Å². The monoisotopic (exact) mass is 474 g/mol. The van der Waals surface area contributed by atoms with Crippen LogP contribution in [0.5, 0.6) is 11.5 Å². The Morgan fingerprint density at radius 3 is 2.31 bits per heavy atom. The molecule has 1 aromatic rings. The van der Waals surface area contributed by atoms with Gasteiger partial charge in [-0.1, -0.05) is 76.5 Å². The van der Waals surface area contributed by atoms with Gasteiger partial charge in [0.05, 0.1) is 11.4 Å². The lowest BCUT2D eigenvalue weighted by Crippen LogP contribution is -2.27. The molecule has 2 aliphatic rings. The van der Waals surface area contributed by atoms with Crippen LogP contribution in [0.2, 0.25) is 0 Å². The first-order chi connectivity index (χ1) is 12.1. The lowest BCUT2D eigenvalue weighted by molar-refractivity contribution is 0.174. The summed E-state index contributed by atoms with van der Waals surface area (Å²) in [7, 11) is 0. The van der Waals surface area contributed by atoms with Crippen molar-refractivity contribution in [2.45, 2.75) is 20.9 Å². The van der Waals surface area contributed by atoms with E-state index in [2.05, 4.69) is 9.98 Å². The van der Waals surface area contributed by atoms with Gasteiger partial charge in [-0.3, -0.25) is 0 Å². The summed E-state index contributed by atoms with van der Waals surface area (Å²) < 4.78 is 7.21. The van der Waals surface area contributed by atoms with Crippen molar-refractivity contribution < 1.29 is 9.47 Å². The van der Waals surface area contributed by atoms with Gasteiger partial charge in [-0.2, -0.15) is 0 Å². The molecule has 0 N–H and O–H groups in total. The zero-order chi connectivity index (χ0) is 19.1. The van der Waals surface area contributed by atoms with Crippen LogP contribution in [0.1, 0.15) is 18.9 Å². The van der Waals surface area contributed by atoms with Crippen LogP contribution < -0.4 is 9.47 Å². The van der Waals surface area contributed by atoms with Gasteiger partial charge in [0, 0.05) is 11.5 Å². The van der Waals surface area contributed by atoms with Crippen molar-refractivity contribution >= 4 is 81.2 Å². The summed E-state index contributed by atoms with van der Waals surface area (Å²) in [6.45, 7) is 2.06. The molecule has 0 radical (unpaired) electrons. The Bertz CT molecular complexity index is 808. The maximum Gasteiger partial charge on any atom is 0.232 e. The lowest BCUT2D eigenvalue weighted by atomic mass is 10.00. The summed E-state index contributed by atoms with van der Waals surface area (Å²) >= 11 is 36.6. The molecule has 10 heteroatoms. The summed E-state index contributed by atoms with van der Waals surface area (Å²) in [4.78, 5) is 8.93. The molecule has 1 atom stereocenters. The van der Waals surface area contributed by atoms with Crippen LogP contribution in [0.15, 0.2) is 40.0 Å². The summed E-state index contributed by atoms with van der Waals surface area (Å²) in [5, 5.41) is 0. The van der Waals surface area contributed by atoms with Crippen LogP contribution in [-0.2, 0) is 0 Å². The molecule has 0 saturated carbocycles. The number of amidine groups is 1. The van der Waals surface area contributed by atoms with Gasteiger partial charge < -0.3 is 9.47 Å². The topological polar surface area (TPSA) is 43.2 Å². The van der Waals surface area contributed by atoms with Gasteiger partial charge in [0.2, 0.25) is 14.4 Å². The Labute approximate surface area is 180 Å². The quantitative estimate of drug-likeness (QED) is 0.472. The third kappa shape index (κ3) is 4.37. The Balaban J connectivity index is 2.16. The van der Waals surface area contributed by atoms with Crippen molar-refractivity contribution in [2.75, 3.05) is 6.79 Å². The molecular formula is C16H12Cl6N2O2. The third-order valence-electron chi connectivity index (χ3n) is 3.81. The van der Waals surface area contributed by atoms with E-state index < -0.39 is 7.59 Å². The van der Waals surface area contributed by atoms with Crippen LogP contribution >= 0.6 is 69.6 Å². The Hall–Kier alpha value is -0.360. The number of alkyl halides is 6. The predicted octanol–water partition coefficient (Wildman–Crippen LogP) is 6.27. The standard InChI is InChI=1S/C16H12Cl6N2O2/c1-2-8-6-12(15(17,18)19)23-14(24-13(8)16(20,21)22)9-3-4-10-11(5-9)26-7-25-10/h3-6,8H,2,7H2,1H3. The summed E-state index contributed by atoms with van der Waals surface area (Å²) in [6.07, 6.45) is 2.24. The maximum atomic E-state index is 6.14. The number of allylic oxidation sites excluding steroid dienone is 2. The second-order valence-corrected chi connectivity index (χ2v) is 10.1. The van der Waals surface area contributed by atoms with Crippen molar-refractivity contribution in [3.63, 3.8) is 0 Å². The second-order valence-electron chi connectivity index (χ2n) is 5.56. The first-order valence-electron chi connectivity index (χ1n) is 7.53. The van der Waals surface area contributed by atoms with E-state index >= 15 is 0 Å². The number of hydrogen-bond acceptors (Lipinski definition) is 4. The van der Waals surface area contributed by atoms with Gasteiger partial charge >= 0.3 is 0 Å². The van der Waals surface area contributed by atoms with E-state index in [1.54, 1.807) is 24.3 Å². The second kappa shape index (κ2) is 7.57. The SMILES string of the molecule is CCC1C=C(C(Cl)(Cl)Cl)N=C(c2ccc3c(c2)OCO3)N=C1C(Cl)(Cl)Cl. The molecule has 0 fully saturated rings. The Morgan fingerprint density at radius 1 is 1.00 bits per heavy atom. The van der Waals surface area contributed by atoms with E-state index in [4.69, 9.17) is 79.1 Å². The van der Waals surface area contributed by atoms with Crippen LogP contribution in [-0.4, -0.2) is 25.9 Å². The molecular weight excluding hydrogens is 465 g/mol. The van der Waals surface area contributed by atoms with E-state index in [0.29, 0.717) is 29.2 Å². The highest BCUT2D eigenvalue weighted by Gasteiger charge is 2.37. The van der Waals surface area contributed by atoms with E-state index in [1.807, 2.05) is 6.92 Å². The Morgan fingerprint density at radius 2 is 1.69 bits per heavy atom. The number of ether oxygens (including phenoxy) is 2. The zero-order valence-electron chi connectivity index (χ0n) is 13.3. The maximum absolute atomic E-state index is 6.14. The van der Waals surface area contributed by atoms with Crippen LogP contribution in [0, 0.1) is 5.92 Å². The van der Waals surface area contributed by atoms with Crippen molar-refractivity contribution in [2.24, 2.45) is 15.9 Å². The molecule has 1 aromatic carbocycles. The fourth-order valence-electron chi connectivity index (χ4n) is 2.55. The first kappa shape index (κ1) is 20.4. The molecule has 4 nitrogen and oxygen atoms in total. The Kier molecular flexibility index (Phi) is 5.94. The van der Waals surface area contributed by atoms with Crippen molar-refractivity contribution in [3.8, 4) is 11.5 Å². The summed E-state index contributed by atoms with van der Waals surface area (Å²) in [5.74, 6) is 1.07. The fourth-order valence-corrected chi connectivity index (χ4v) is 3.41. The molecule has 26 heavy (non-hydrogen) atoms. The fraction of sp³-hybridized carbons (Fsp3) is 0.375. The molecule has 2 aliphatic heterocycles. The molecule has 0 spiro atoms. The lowest BCUT2D eigenvalue weighted by Gasteiger charge is -2.20. The number of benzene rings is 1. The highest BCUT2D eigenvalue weighted by Crippen LogP contribution is 2.41. The average Bonchev–Trinajstić information content (AvgIpc) is 2.90. The van der Waals surface area contributed by atoms with Crippen LogP contribution in [0.4, 0.5) is 0 Å². The third-order valence-corrected chi connectivity index (χ3v) is 4.98. The smallest absolute Gasteiger partial charge is 0.232 e. The van der Waals surface area contributed by atoms with Crippen molar-refractivity contribution in [3.05, 3.63) is 35.5 Å². The molecule has 0 saturated heterocycles. The van der Waals surface area contributed by atoms with Crippen molar-refractivity contribution in [1.82, 2.24) is 0 Å². The minimum atomic E-state index is -1.76. The van der Waals surface area contributed by atoms with E-state index in [1.165, 1.54) is 0 Å². The first-order valence-corrected chi connectivity index (χ1v) is 9.80. The highest BCUT2D eigenvalue weighted by atomic mass is 35.6. The number of nitrogens with zero attached hydrogens (tertiary/aromatic N) is 2. The summed E-state index contributed by atoms with van der Waals surface area (Å²) in [6, 6.07) is 5.22. The molecule has 140 valence electrons. The molecule has 0 aromatic heterocycles. The number of aliphatic imine (C=N–C) groups is 2. The largest absolute Gasteiger partial charge is 0.454 e.